The lowest BCUT2D eigenvalue weighted by molar-refractivity contribution is 0.337. The number of hydrogen-bond donors (Lipinski definition) is 1. The van der Waals surface area contributed by atoms with E-state index in [4.69, 9.17) is 4.52 Å². The minimum Gasteiger partial charge on any atom is -0.346 e. The van der Waals surface area contributed by atoms with Gasteiger partial charge >= 0.3 is 0 Å². The quantitative estimate of drug-likeness (QED) is 0.751. The van der Waals surface area contributed by atoms with Crippen LogP contribution in [-0.4, -0.2) is 11.5 Å². The first-order valence-corrected chi connectivity index (χ1v) is 5.70. The van der Waals surface area contributed by atoms with Crippen molar-refractivity contribution >= 4 is 13.7 Å². The van der Waals surface area contributed by atoms with Crippen LogP contribution < -0.4 is 5.30 Å². The van der Waals surface area contributed by atoms with Gasteiger partial charge in [-0.25, -0.2) is 0 Å². The first-order chi connectivity index (χ1) is 6.29. The molecule has 0 saturated carbocycles. The van der Waals surface area contributed by atoms with E-state index in [2.05, 4.69) is 6.92 Å². The summed E-state index contributed by atoms with van der Waals surface area (Å²) in [7, 11) is -1.40. The summed E-state index contributed by atoms with van der Waals surface area (Å²) in [5.74, 6) is 0. The minimum absolute atomic E-state index is 0.556. The van der Waals surface area contributed by atoms with Crippen molar-refractivity contribution in [2.75, 3.05) is 6.61 Å². The summed E-state index contributed by atoms with van der Waals surface area (Å²) >= 11 is 0. The molecule has 0 heterocycles. The van der Waals surface area contributed by atoms with Crippen LogP contribution in [0.3, 0.4) is 0 Å². The molecule has 3 heteroatoms. The maximum Gasteiger partial charge on any atom is 0.202 e. The SMILES string of the molecule is CCOP(O)c1ccccc1CC. The van der Waals surface area contributed by atoms with Crippen LogP contribution in [0.2, 0.25) is 0 Å². The van der Waals surface area contributed by atoms with Crippen molar-refractivity contribution in [3.63, 3.8) is 0 Å². The molecule has 1 rings (SSSR count). The number of rotatable bonds is 4. The van der Waals surface area contributed by atoms with Gasteiger partial charge in [-0.3, -0.25) is 0 Å². The Balaban J connectivity index is 2.85. The van der Waals surface area contributed by atoms with E-state index in [1.807, 2.05) is 31.2 Å². The van der Waals surface area contributed by atoms with Crippen molar-refractivity contribution in [2.45, 2.75) is 20.3 Å². The summed E-state index contributed by atoms with van der Waals surface area (Å²) in [5.41, 5.74) is 1.17. The van der Waals surface area contributed by atoms with Gasteiger partial charge in [0.2, 0.25) is 8.38 Å². The van der Waals surface area contributed by atoms with Gasteiger partial charge in [0.05, 0.1) is 6.61 Å². The van der Waals surface area contributed by atoms with Crippen molar-refractivity contribution in [2.24, 2.45) is 0 Å². The lowest BCUT2D eigenvalue weighted by Gasteiger charge is -2.12. The molecule has 2 nitrogen and oxygen atoms in total. The molecular formula is C10H15O2P. The van der Waals surface area contributed by atoms with Gasteiger partial charge in [-0.2, -0.15) is 0 Å². The highest BCUT2D eigenvalue weighted by molar-refractivity contribution is 7.55. The van der Waals surface area contributed by atoms with Crippen LogP contribution >= 0.6 is 8.38 Å². The molecule has 0 radical (unpaired) electrons. The molecule has 0 bridgehead atoms. The van der Waals surface area contributed by atoms with Gasteiger partial charge < -0.3 is 9.42 Å². The molecule has 0 aliphatic rings. The zero-order valence-corrected chi connectivity index (χ0v) is 8.92. The Labute approximate surface area is 80.5 Å². The molecule has 1 unspecified atom stereocenters. The second kappa shape index (κ2) is 5.33. The first-order valence-electron chi connectivity index (χ1n) is 4.49. The highest BCUT2D eigenvalue weighted by atomic mass is 31.2. The van der Waals surface area contributed by atoms with Gasteiger partial charge in [-0.15, -0.1) is 0 Å². The predicted molar refractivity (Wildman–Crippen MR) is 56.2 cm³/mol. The summed E-state index contributed by atoms with van der Waals surface area (Å²) in [6, 6.07) is 7.87. The third-order valence-corrected chi connectivity index (χ3v) is 3.18. The van der Waals surface area contributed by atoms with Gasteiger partial charge in [0.25, 0.3) is 0 Å². The van der Waals surface area contributed by atoms with Crippen LogP contribution in [0.15, 0.2) is 24.3 Å². The largest absolute Gasteiger partial charge is 0.346 e. The minimum atomic E-state index is -1.40. The molecule has 0 aliphatic heterocycles. The van der Waals surface area contributed by atoms with Crippen LogP contribution in [0, 0.1) is 0 Å². The van der Waals surface area contributed by atoms with Gasteiger partial charge in [0, 0.05) is 5.30 Å². The lowest BCUT2D eigenvalue weighted by atomic mass is 10.2. The van der Waals surface area contributed by atoms with Crippen LogP contribution in [-0.2, 0) is 10.9 Å². The zero-order valence-electron chi connectivity index (χ0n) is 8.03. The molecule has 0 amide bonds. The molecule has 0 saturated heterocycles. The molecule has 1 aromatic carbocycles. The summed E-state index contributed by atoms with van der Waals surface area (Å²) in [6.45, 7) is 4.52. The lowest BCUT2D eigenvalue weighted by Crippen LogP contribution is -2.08. The third-order valence-electron chi connectivity index (χ3n) is 1.83. The molecule has 1 atom stereocenters. The highest BCUT2D eigenvalue weighted by Crippen LogP contribution is 2.31. The van der Waals surface area contributed by atoms with E-state index in [-0.39, 0.29) is 0 Å². The summed E-state index contributed by atoms with van der Waals surface area (Å²) in [4.78, 5) is 9.68. The van der Waals surface area contributed by atoms with Crippen LogP contribution in [0.5, 0.6) is 0 Å². The molecule has 0 aliphatic carbocycles. The van der Waals surface area contributed by atoms with E-state index in [0.29, 0.717) is 6.61 Å². The standard InChI is InChI=1S/C10H15O2P/c1-3-9-7-5-6-8-10(9)13(11)12-4-2/h5-8,11H,3-4H2,1-2H3. The summed E-state index contributed by atoms with van der Waals surface area (Å²) < 4.78 is 5.19. The smallest absolute Gasteiger partial charge is 0.202 e. The fourth-order valence-electron chi connectivity index (χ4n) is 1.19. The fraction of sp³-hybridized carbons (Fsp3) is 0.400. The monoisotopic (exact) mass is 198 g/mol. The van der Waals surface area contributed by atoms with Crippen molar-refractivity contribution in [3.8, 4) is 0 Å². The average Bonchev–Trinajstić information content (AvgIpc) is 2.18. The van der Waals surface area contributed by atoms with E-state index in [1.54, 1.807) is 0 Å². The molecular weight excluding hydrogens is 183 g/mol. The summed E-state index contributed by atoms with van der Waals surface area (Å²) in [6.07, 6.45) is 0.933. The van der Waals surface area contributed by atoms with Crippen LogP contribution in [0.4, 0.5) is 0 Å². The molecule has 0 fully saturated rings. The average molecular weight is 198 g/mol. The van der Waals surface area contributed by atoms with Gasteiger partial charge in [0.1, 0.15) is 0 Å². The van der Waals surface area contributed by atoms with Gasteiger partial charge in [-0.1, -0.05) is 25.1 Å². The first kappa shape index (κ1) is 10.6. The molecule has 0 spiro atoms. The maximum absolute atomic E-state index is 9.68. The topological polar surface area (TPSA) is 29.5 Å². The normalized spacial score (nSPS) is 12.8. The Hall–Kier alpha value is -0.430. The number of hydrogen-bond acceptors (Lipinski definition) is 2. The Bertz CT molecular complexity index is 263. The second-order valence-electron chi connectivity index (χ2n) is 2.67. The van der Waals surface area contributed by atoms with Gasteiger partial charge in [0.15, 0.2) is 0 Å². The summed E-state index contributed by atoms with van der Waals surface area (Å²) in [5, 5.41) is 0.946. The van der Waals surface area contributed by atoms with E-state index >= 15 is 0 Å². The van der Waals surface area contributed by atoms with Crippen LogP contribution in [0.1, 0.15) is 19.4 Å². The predicted octanol–water partition coefficient (Wildman–Crippen LogP) is 2.21. The van der Waals surface area contributed by atoms with E-state index in [1.165, 1.54) is 5.56 Å². The van der Waals surface area contributed by atoms with E-state index in [9.17, 15) is 4.89 Å². The van der Waals surface area contributed by atoms with Crippen molar-refractivity contribution in [1.29, 1.82) is 0 Å². The Morgan fingerprint density at radius 1 is 1.31 bits per heavy atom. The molecule has 13 heavy (non-hydrogen) atoms. The van der Waals surface area contributed by atoms with Crippen molar-refractivity contribution < 1.29 is 9.42 Å². The third kappa shape index (κ3) is 2.77. The van der Waals surface area contributed by atoms with Gasteiger partial charge in [-0.05, 0) is 25.0 Å². The Morgan fingerprint density at radius 2 is 2.00 bits per heavy atom. The van der Waals surface area contributed by atoms with Crippen LogP contribution in [0.25, 0.3) is 0 Å². The highest BCUT2D eigenvalue weighted by Gasteiger charge is 2.10. The van der Waals surface area contributed by atoms with Crippen molar-refractivity contribution in [3.05, 3.63) is 29.8 Å². The van der Waals surface area contributed by atoms with E-state index < -0.39 is 8.38 Å². The second-order valence-corrected chi connectivity index (χ2v) is 3.96. The molecule has 1 aromatic rings. The fourth-order valence-corrected chi connectivity index (χ4v) is 2.26. The number of aryl methyl sites for hydroxylation is 1. The maximum atomic E-state index is 9.68. The zero-order chi connectivity index (χ0) is 9.68. The number of benzene rings is 1. The molecule has 1 N–H and O–H groups in total. The van der Waals surface area contributed by atoms with Crippen molar-refractivity contribution in [1.82, 2.24) is 0 Å². The van der Waals surface area contributed by atoms with E-state index in [0.717, 1.165) is 11.7 Å². The Morgan fingerprint density at radius 3 is 2.62 bits per heavy atom. The molecule has 72 valence electrons. The molecule has 0 aromatic heterocycles. The Kier molecular flexibility index (Phi) is 4.37.